The van der Waals surface area contributed by atoms with Gasteiger partial charge in [-0.1, -0.05) is 32.3 Å². The number of aryl methyl sites for hydroxylation is 2. The highest BCUT2D eigenvalue weighted by atomic mass is 15.3. The first kappa shape index (κ1) is 11.1. The van der Waals surface area contributed by atoms with Crippen LogP contribution in [0.4, 0.5) is 0 Å². The summed E-state index contributed by atoms with van der Waals surface area (Å²) in [4.78, 5) is 0. The number of nitrogens with zero attached hydrogens (tertiary/aromatic N) is 2. The van der Waals surface area contributed by atoms with Crippen molar-refractivity contribution in [1.82, 2.24) is 15.4 Å². The predicted octanol–water partition coefficient (Wildman–Crippen LogP) is 3.39. The van der Waals surface area contributed by atoms with Crippen LogP contribution in [0.15, 0.2) is 12.1 Å². The molecule has 0 atom stereocenters. The Labute approximate surface area is 96.3 Å². The topological polar surface area (TPSA) is 41.6 Å². The minimum atomic E-state index is 0.982. The zero-order chi connectivity index (χ0) is 11.4. The van der Waals surface area contributed by atoms with Crippen molar-refractivity contribution < 1.29 is 0 Å². The van der Waals surface area contributed by atoms with Crippen LogP contribution in [-0.2, 0) is 6.42 Å². The molecule has 3 nitrogen and oxygen atoms in total. The zero-order valence-corrected chi connectivity index (χ0v) is 10.1. The lowest BCUT2D eigenvalue weighted by Crippen LogP contribution is -1.92. The van der Waals surface area contributed by atoms with Crippen LogP contribution in [0.5, 0.6) is 0 Å². The lowest BCUT2D eigenvalue weighted by atomic mass is 10.0. The van der Waals surface area contributed by atoms with E-state index in [2.05, 4.69) is 35.3 Å². The fraction of sp³-hybridized carbons (Fsp3) is 0.538. The van der Waals surface area contributed by atoms with Crippen molar-refractivity contribution in [3.05, 3.63) is 23.3 Å². The van der Waals surface area contributed by atoms with E-state index in [-0.39, 0.29) is 0 Å². The van der Waals surface area contributed by atoms with Crippen LogP contribution in [0, 0.1) is 6.92 Å². The number of hydrogen-bond donors (Lipinski definition) is 1. The summed E-state index contributed by atoms with van der Waals surface area (Å²) in [6.07, 6.45) is 6.29. The predicted molar refractivity (Wildman–Crippen MR) is 66.5 cm³/mol. The van der Waals surface area contributed by atoms with Crippen molar-refractivity contribution in [2.45, 2.75) is 46.0 Å². The molecule has 2 aromatic rings. The maximum absolute atomic E-state index is 4.24. The van der Waals surface area contributed by atoms with Crippen LogP contribution < -0.4 is 0 Å². The van der Waals surface area contributed by atoms with Crippen molar-refractivity contribution in [1.29, 1.82) is 0 Å². The lowest BCUT2D eigenvalue weighted by molar-refractivity contribution is 0.667. The molecule has 0 saturated heterocycles. The summed E-state index contributed by atoms with van der Waals surface area (Å²) >= 11 is 0. The van der Waals surface area contributed by atoms with Gasteiger partial charge in [-0.2, -0.15) is 15.4 Å². The van der Waals surface area contributed by atoms with E-state index < -0.39 is 0 Å². The molecule has 0 radical (unpaired) electrons. The minimum absolute atomic E-state index is 0.982. The van der Waals surface area contributed by atoms with Crippen molar-refractivity contribution in [3.8, 4) is 0 Å². The van der Waals surface area contributed by atoms with Crippen LogP contribution in [-0.4, -0.2) is 15.4 Å². The van der Waals surface area contributed by atoms with Gasteiger partial charge in [0, 0.05) is 0 Å². The first-order chi connectivity index (χ1) is 7.83. The van der Waals surface area contributed by atoms with Gasteiger partial charge in [0.15, 0.2) is 0 Å². The summed E-state index contributed by atoms with van der Waals surface area (Å²) in [6.45, 7) is 4.40. The quantitative estimate of drug-likeness (QED) is 0.780. The number of aromatic nitrogens is 3. The van der Waals surface area contributed by atoms with E-state index in [4.69, 9.17) is 0 Å². The first-order valence-electron chi connectivity index (χ1n) is 6.12. The molecule has 0 fully saturated rings. The fourth-order valence-electron chi connectivity index (χ4n) is 2.11. The molecule has 2 rings (SSSR count). The van der Waals surface area contributed by atoms with E-state index in [1.165, 1.54) is 36.8 Å². The number of aromatic amines is 1. The van der Waals surface area contributed by atoms with Crippen LogP contribution in [0.3, 0.4) is 0 Å². The Kier molecular flexibility index (Phi) is 3.54. The Balaban J connectivity index is 2.15. The Morgan fingerprint density at radius 3 is 2.81 bits per heavy atom. The number of benzene rings is 1. The summed E-state index contributed by atoms with van der Waals surface area (Å²) in [7, 11) is 0. The number of nitrogens with one attached hydrogen (secondary N) is 1. The third-order valence-electron chi connectivity index (χ3n) is 3.11. The van der Waals surface area contributed by atoms with Crippen molar-refractivity contribution >= 4 is 11.0 Å². The molecule has 3 heteroatoms. The number of rotatable bonds is 5. The van der Waals surface area contributed by atoms with Gasteiger partial charge in [-0.05, 0) is 37.0 Å². The molecular formula is C13H19N3. The fourth-order valence-corrected chi connectivity index (χ4v) is 2.11. The van der Waals surface area contributed by atoms with Gasteiger partial charge in [-0.25, -0.2) is 0 Å². The van der Waals surface area contributed by atoms with Crippen LogP contribution in [0.2, 0.25) is 0 Å². The van der Waals surface area contributed by atoms with Crippen molar-refractivity contribution in [3.63, 3.8) is 0 Å². The molecule has 1 aromatic carbocycles. The molecule has 16 heavy (non-hydrogen) atoms. The lowest BCUT2D eigenvalue weighted by Gasteiger charge is -2.05. The van der Waals surface area contributed by atoms with Crippen molar-refractivity contribution in [2.75, 3.05) is 0 Å². The first-order valence-corrected chi connectivity index (χ1v) is 6.12. The molecule has 0 amide bonds. The summed E-state index contributed by atoms with van der Waals surface area (Å²) in [5, 5.41) is 11.1. The monoisotopic (exact) mass is 217 g/mol. The summed E-state index contributed by atoms with van der Waals surface area (Å²) in [6, 6.07) is 4.17. The molecule has 1 N–H and O–H groups in total. The average molecular weight is 217 g/mol. The van der Waals surface area contributed by atoms with Gasteiger partial charge in [0.05, 0.1) is 0 Å². The second-order valence-corrected chi connectivity index (χ2v) is 4.36. The zero-order valence-electron chi connectivity index (χ0n) is 10.1. The number of fused-ring (bicyclic) bond motifs is 1. The minimum Gasteiger partial charge on any atom is -0.197 e. The van der Waals surface area contributed by atoms with Gasteiger partial charge in [0.25, 0.3) is 0 Å². The van der Waals surface area contributed by atoms with E-state index in [0.717, 1.165) is 17.5 Å². The van der Waals surface area contributed by atoms with Gasteiger partial charge in [-0.15, -0.1) is 0 Å². The maximum Gasteiger partial charge on any atom is 0.116 e. The van der Waals surface area contributed by atoms with E-state index in [1.807, 2.05) is 6.07 Å². The van der Waals surface area contributed by atoms with Gasteiger partial charge in [0.1, 0.15) is 11.0 Å². The molecule has 0 spiro atoms. The summed E-state index contributed by atoms with van der Waals surface area (Å²) in [5.41, 5.74) is 4.73. The molecule has 0 saturated carbocycles. The van der Waals surface area contributed by atoms with Crippen LogP contribution in [0.25, 0.3) is 11.0 Å². The highest BCUT2D eigenvalue weighted by Crippen LogP contribution is 2.20. The molecule has 0 bridgehead atoms. The van der Waals surface area contributed by atoms with E-state index in [1.54, 1.807) is 0 Å². The van der Waals surface area contributed by atoms with Crippen LogP contribution in [0.1, 0.15) is 43.7 Å². The molecule has 0 aliphatic carbocycles. The van der Waals surface area contributed by atoms with E-state index >= 15 is 0 Å². The summed E-state index contributed by atoms with van der Waals surface area (Å²) in [5.74, 6) is 0. The molecule has 0 unspecified atom stereocenters. The number of H-pyrrole nitrogens is 1. The summed E-state index contributed by atoms with van der Waals surface area (Å²) < 4.78 is 0. The third kappa shape index (κ3) is 2.23. The third-order valence-corrected chi connectivity index (χ3v) is 3.11. The Bertz CT molecular complexity index is 459. The molecule has 86 valence electrons. The van der Waals surface area contributed by atoms with E-state index in [0.29, 0.717) is 0 Å². The molecule has 0 aliphatic rings. The molecule has 1 heterocycles. The van der Waals surface area contributed by atoms with E-state index in [9.17, 15) is 0 Å². The largest absolute Gasteiger partial charge is 0.197 e. The molecule has 0 aliphatic heterocycles. The second-order valence-electron chi connectivity index (χ2n) is 4.36. The standard InChI is InChI=1S/C13H19N3/c1-3-4-5-6-7-11-10(2)8-9-12-13(11)15-16-14-12/h8-9H,3-7H2,1-2H3,(H,14,15,16). The van der Waals surface area contributed by atoms with Gasteiger partial charge < -0.3 is 0 Å². The number of unbranched alkanes of at least 4 members (excludes halogenated alkanes) is 3. The Hall–Kier alpha value is -1.38. The average Bonchev–Trinajstić information content (AvgIpc) is 2.75. The van der Waals surface area contributed by atoms with Gasteiger partial charge >= 0.3 is 0 Å². The Morgan fingerprint density at radius 2 is 2.00 bits per heavy atom. The normalized spacial score (nSPS) is 11.1. The molecular weight excluding hydrogens is 198 g/mol. The van der Waals surface area contributed by atoms with Crippen LogP contribution >= 0.6 is 0 Å². The van der Waals surface area contributed by atoms with Gasteiger partial charge in [0.2, 0.25) is 0 Å². The SMILES string of the molecule is CCCCCCc1c(C)ccc2n[nH]nc12. The highest BCUT2D eigenvalue weighted by molar-refractivity contribution is 5.78. The Morgan fingerprint density at radius 1 is 1.12 bits per heavy atom. The maximum atomic E-state index is 4.24. The van der Waals surface area contributed by atoms with Gasteiger partial charge in [-0.3, -0.25) is 0 Å². The molecule has 1 aromatic heterocycles. The van der Waals surface area contributed by atoms with Crippen molar-refractivity contribution in [2.24, 2.45) is 0 Å². The highest BCUT2D eigenvalue weighted by Gasteiger charge is 2.07. The number of hydrogen-bond acceptors (Lipinski definition) is 2. The second kappa shape index (κ2) is 5.10. The smallest absolute Gasteiger partial charge is 0.116 e.